The van der Waals surface area contributed by atoms with E-state index in [4.69, 9.17) is 0 Å². The molecule has 0 radical (unpaired) electrons. The zero-order valence-electron chi connectivity index (χ0n) is 9.96. The number of ether oxygens (including phenoxy) is 1. The fourth-order valence-electron chi connectivity index (χ4n) is 1.57. The summed E-state index contributed by atoms with van der Waals surface area (Å²) in [7, 11) is 1.35. The lowest BCUT2D eigenvalue weighted by Crippen LogP contribution is -2.05. The van der Waals surface area contributed by atoms with Crippen LogP contribution in [0.2, 0.25) is 0 Å². The largest absolute Gasteiger partial charge is 0.469 e. The first kappa shape index (κ1) is 13.9. The van der Waals surface area contributed by atoms with E-state index in [2.05, 4.69) is 20.7 Å². The summed E-state index contributed by atoms with van der Waals surface area (Å²) in [6.45, 7) is 1.90. The van der Waals surface area contributed by atoms with Gasteiger partial charge in [0, 0.05) is 22.9 Å². The van der Waals surface area contributed by atoms with Crippen molar-refractivity contribution >= 4 is 27.7 Å². The van der Waals surface area contributed by atoms with E-state index in [0.717, 1.165) is 15.6 Å². The normalized spacial score (nSPS) is 10.1. The van der Waals surface area contributed by atoms with Crippen molar-refractivity contribution in [1.29, 1.82) is 0 Å². The van der Waals surface area contributed by atoms with Gasteiger partial charge in [-0.1, -0.05) is 22.0 Å². The Hall–Kier alpha value is -1.16. The Kier molecular flexibility index (Phi) is 5.35. The summed E-state index contributed by atoms with van der Waals surface area (Å²) in [6, 6.07) is 5.56. The van der Waals surface area contributed by atoms with Crippen LogP contribution in [0.5, 0.6) is 0 Å². The number of hydrogen-bond acceptors (Lipinski definition) is 3. The molecule has 0 fully saturated rings. The highest BCUT2D eigenvalue weighted by Crippen LogP contribution is 2.18. The summed E-state index contributed by atoms with van der Waals surface area (Å²) in [5, 5.41) is 0. The van der Waals surface area contributed by atoms with Crippen LogP contribution in [0.1, 0.15) is 35.2 Å². The van der Waals surface area contributed by atoms with Crippen molar-refractivity contribution in [3.8, 4) is 0 Å². The van der Waals surface area contributed by atoms with Crippen LogP contribution in [0.4, 0.5) is 0 Å². The van der Waals surface area contributed by atoms with Crippen molar-refractivity contribution < 1.29 is 14.3 Å². The Labute approximate surface area is 109 Å². The minimum absolute atomic E-state index is 0.0684. The number of halogens is 1. The number of ketones is 1. The van der Waals surface area contributed by atoms with Crippen molar-refractivity contribution in [2.45, 2.75) is 26.2 Å². The maximum atomic E-state index is 11.9. The van der Waals surface area contributed by atoms with Crippen LogP contribution in [0.15, 0.2) is 22.7 Å². The molecule has 0 amide bonds. The van der Waals surface area contributed by atoms with E-state index >= 15 is 0 Å². The first-order valence-electron chi connectivity index (χ1n) is 5.40. The van der Waals surface area contributed by atoms with Gasteiger partial charge in [0.05, 0.1) is 7.11 Å². The molecular formula is C13H15BrO3. The van der Waals surface area contributed by atoms with Crippen LogP contribution >= 0.6 is 15.9 Å². The van der Waals surface area contributed by atoms with Gasteiger partial charge >= 0.3 is 5.97 Å². The number of hydrogen-bond donors (Lipinski definition) is 0. The third-order valence-electron chi connectivity index (χ3n) is 2.50. The molecule has 92 valence electrons. The van der Waals surface area contributed by atoms with Gasteiger partial charge in [-0.15, -0.1) is 0 Å². The van der Waals surface area contributed by atoms with Crippen molar-refractivity contribution in [3.05, 3.63) is 33.8 Å². The number of rotatable bonds is 5. The molecule has 1 rings (SSSR count). The van der Waals surface area contributed by atoms with E-state index in [-0.39, 0.29) is 18.2 Å². The number of carbonyl (C=O) groups excluding carboxylic acids is 2. The number of benzene rings is 1. The minimum Gasteiger partial charge on any atom is -0.469 e. The summed E-state index contributed by atoms with van der Waals surface area (Å²) < 4.78 is 5.48. The maximum absolute atomic E-state index is 11.9. The summed E-state index contributed by atoms with van der Waals surface area (Å²) in [6.07, 6.45) is 1.19. The van der Waals surface area contributed by atoms with E-state index in [1.165, 1.54) is 7.11 Å². The standard InChI is InChI=1S/C13H15BrO3/c1-9-8-10(14)6-7-11(9)12(15)4-3-5-13(16)17-2/h6-8H,3-5H2,1-2H3. The van der Waals surface area contributed by atoms with E-state index in [1.54, 1.807) is 6.07 Å². The molecule has 0 spiro atoms. The molecule has 0 heterocycles. The second kappa shape index (κ2) is 6.55. The van der Waals surface area contributed by atoms with Crippen LogP contribution in [-0.2, 0) is 9.53 Å². The molecule has 0 N–H and O–H groups in total. The average molecular weight is 299 g/mol. The van der Waals surface area contributed by atoms with Gasteiger partial charge in [0.2, 0.25) is 0 Å². The van der Waals surface area contributed by atoms with Crippen LogP contribution in [0.3, 0.4) is 0 Å². The molecule has 1 aromatic rings. The van der Waals surface area contributed by atoms with Gasteiger partial charge in [0.25, 0.3) is 0 Å². The average Bonchev–Trinajstić information content (AvgIpc) is 2.28. The van der Waals surface area contributed by atoms with Crippen molar-refractivity contribution in [3.63, 3.8) is 0 Å². The Morgan fingerprint density at radius 2 is 2.00 bits per heavy atom. The SMILES string of the molecule is COC(=O)CCCC(=O)c1ccc(Br)cc1C. The van der Waals surface area contributed by atoms with Gasteiger partial charge in [-0.25, -0.2) is 0 Å². The Morgan fingerprint density at radius 3 is 2.59 bits per heavy atom. The molecule has 0 aliphatic heterocycles. The second-order valence-corrected chi connectivity index (χ2v) is 4.73. The smallest absolute Gasteiger partial charge is 0.305 e. The molecule has 0 aliphatic carbocycles. The zero-order valence-corrected chi connectivity index (χ0v) is 11.5. The molecule has 0 atom stereocenters. The Balaban J connectivity index is 2.55. The first-order chi connectivity index (χ1) is 8.04. The lowest BCUT2D eigenvalue weighted by molar-refractivity contribution is -0.140. The van der Waals surface area contributed by atoms with Crippen LogP contribution in [0, 0.1) is 6.92 Å². The molecule has 0 aromatic heterocycles. The quantitative estimate of drug-likeness (QED) is 0.619. The van der Waals surface area contributed by atoms with Crippen molar-refractivity contribution in [2.75, 3.05) is 7.11 Å². The van der Waals surface area contributed by atoms with Crippen LogP contribution in [0.25, 0.3) is 0 Å². The number of esters is 1. The lowest BCUT2D eigenvalue weighted by atomic mass is 10.0. The summed E-state index contributed by atoms with van der Waals surface area (Å²) in [5.41, 5.74) is 1.67. The predicted octanol–water partition coefficient (Wildman–Crippen LogP) is 3.28. The molecule has 0 saturated carbocycles. The summed E-state index contributed by atoms with van der Waals surface area (Å²) in [5.74, 6) is -0.204. The molecule has 4 heteroatoms. The van der Waals surface area contributed by atoms with Crippen molar-refractivity contribution in [1.82, 2.24) is 0 Å². The molecule has 0 aliphatic rings. The Bertz CT molecular complexity index is 427. The third kappa shape index (κ3) is 4.30. The van der Waals surface area contributed by atoms with E-state index in [9.17, 15) is 9.59 Å². The molecule has 17 heavy (non-hydrogen) atoms. The van der Waals surface area contributed by atoms with Gasteiger partial charge in [-0.2, -0.15) is 0 Å². The predicted molar refractivity (Wildman–Crippen MR) is 69.1 cm³/mol. The molecule has 1 aromatic carbocycles. The highest BCUT2D eigenvalue weighted by Gasteiger charge is 2.10. The zero-order chi connectivity index (χ0) is 12.8. The summed E-state index contributed by atoms with van der Waals surface area (Å²) >= 11 is 3.35. The van der Waals surface area contributed by atoms with Gasteiger partial charge < -0.3 is 4.74 Å². The number of Topliss-reactive ketones (excluding diaryl/α,β-unsaturated/α-hetero) is 1. The Morgan fingerprint density at radius 1 is 1.29 bits per heavy atom. The van der Waals surface area contributed by atoms with Gasteiger partial charge in [-0.05, 0) is 31.0 Å². The molecular weight excluding hydrogens is 284 g/mol. The molecule has 3 nitrogen and oxygen atoms in total. The minimum atomic E-state index is -0.273. The monoisotopic (exact) mass is 298 g/mol. The summed E-state index contributed by atoms with van der Waals surface area (Å²) in [4.78, 5) is 22.8. The van der Waals surface area contributed by atoms with Crippen LogP contribution < -0.4 is 0 Å². The first-order valence-corrected chi connectivity index (χ1v) is 6.20. The third-order valence-corrected chi connectivity index (χ3v) is 2.99. The van der Waals surface area contributed by atoms with Crippen LogP contribution in [-0.4, -0.2) is 18.9 Å². The molecule has 0 saturated heterocycles. The van der Waals surface area contributed by atoms with E-state index in [0.29, 0.717) is 12.8 Å². The van der Waals surface area contributed by atoms with Crippen molar-refractivity contribution in [2.24, 2.45) is 0 Å². The van der Waals surface area contributed by atoms with E-state index < -0.39 is 0 Å². The molecule has 0 unspecified atom stereocenters. The van der Waals surface area contributed by atoms with Gasteiger partial charge in [0.1, 0.15) is 0 Å². The van der Waals surface area contributed by atoms with Gasteiger partial charge in [-0.3, -0.25) is 9.59 Å². The highest BCUT2D eigenvalue weighted by molar-refractivity contribution is 9.10. The van der Waals surface area contributed by atoms with E-state index in [1.807, 2.05) is 19.1 Å². The fourth-order valence-corrected chi connectivity index (χ4v) is 2.05. The number of carbonyl (C=O) groups is 2. The number of methoxy groups -OCH3 is 1. The maximum Gasteiger partial charge on any atom is 0.305 e. The number of aryl methyl sites for hydroxylation is 1. The highest BCUT2D eigenvalue weighted by atomic mass is 79.9. The van der Waals surface area contributed by atoms with Gasteiger partial charge in [0.15, 0.2) is 5.78 Å². The topological polar surface area (TPSA) is 43.4 Å². The fraction of sp³-hybridized carbons (Fsp3) is 0.385. The molecule has 0 bridgehead atoms. The second-order valence-electron chi connectivity index (χ2n) is 3.81. The lowest BCUT2D eigenvalue weighted by Gasteiger charge is -2.05.